The Labute approximate surface area is 91.1 Å². The van der Waals surface area contributed by atoms with Crippen LogP contribution in [0.2, 0.25) is 10.0 Å². The minimum absolute atomic E-state index is 0.527. The van der Waals surface area contributed by atoms with Gasteiger partial charge in [0.25, 0.3) is 0 Å². The van der Waals surface area contributed by atoms with E-state index in [0.29, 0.717) is 14.9 Å². The van der Waals surface area contributed by atoms with Gasteiger partial charge in [-0.25, -0.2) is 0 Å². The second kappa shape index (κ2) is 3.37. The fourth-order valence-electron chi connectivity index (χ4n) is 1.16. The maximum atomic E-state index is 5.98. The summed E-state index contributed by atoms with van der Waals surface area (Å²) >= 11 is 16.1. The Balaban J connectivity index is 2.97. The first-order valence-electron chi connectivity index (χ1n) is 3.62. The van der Waals surface area contributed by atoms with Crippen LogP contribution in [0.15, 0.2) is 29.3 Å². The number of benzene rings is 1. The normalized spacial score (nSPS) is 10.7. The number of fused-ring (bicyclic) bond motifs is 1. The van der Waals surface area contributed by atoms with Gasteiger partial charge in [0, 0.05) is 16.5 Å². The molecule has 1 aromatic heterocycles. The van der Waals surface area contributed by atoms with Gasteiger partial charge in [0.15, 0.2) is 0 Å². The van der Waals surface area contributed by atoms with Crippen molar-refractivity contribution >= 4 is 46.7 Å². The number of rotatable bonds is 0. The van der Waals surface area contributed by atoms with Crippen molar-refractivity contribution in [3.63, 3.8) is 0 Å². The summed E-state index contributed by atoms with van der Waals surface area (Å²) in [6, 6.07) is 5.39. The summed E-state index contributed by atoms with van der Waals surface area (Å²) < 4.78 is 0. The lowest BCUT2D eigenvalue weighted by atomic mass is 10.2. The third-order valence-electron chi connectivity index (χ3n) is 1.77. The fraction of sp³-hybridized carbons (Fsp3) is 0. The fourth-order valence-corrected chi connectivity index (χ4v) is 1.92. The molecule has 4 heteroatoms. The Kier molecular flexibility index (Phi) is 2.37. The van der Waals surface area contributed by atoms with E-state index in [0.717, 1.165) is 10.9 Å². The third kappa shape index (κ3) is 1.50. The molecule has 0 bridgehead atoms. The van der Waals surface area contributed by atoms with E-state index in [1.165, 1.54) is 0 Å². The van der Waals surface area contributed by atoms with E-state index >= 15 is 0 Å². The summed E-state index contributed by atoms with van der Waals surface area (Å²) in [5.74, 6) is 0. The highest BCUT2D eigenvalue weighted by Crippen LogP contribution is 2.32. The summed E-state index contributed by atoms with van der Waals surface area (Å²) in [5.41, 5.74) is 0.739. The predicted molar refractivity (Wildman–Crippen MR) is 59.0 cm³/mol. The molecule has 0 fully saturated rings. The highest BCUT2D eigenvalue weighted by atomic mass is 35.5. The second-order valence-electron chi connectivity index (χ2n) is 2.59. The van der Waals surface area contributed by atoms with Crippen LogP contribution in [0.5, 0.6) is 0 Å². The lowest BCUT2D eigenvalue weighted by Gasteiger charge is -2.03. The van der Waals surface area contributed by atoms with Gasteiger partial charge in [0.2, 0.25) is 0 Å². The molecule has 0 N–H and O–H groups in total. The molecule has 66 valence electrons. The topological polar surface area (TPSA) is 12.9 Å². The van der Waals surface area contributed by atoms with Crippen molar-refractivity contribution in [2.75, 3.05) is 0 Å². The number of pyridine rings is 1. The second-order valence-corrected chi connectivity index (χ2v) is 3.85. The van der Waals surface area contributed by atoms with E-state index in [4.69, 9.17) is 23.2 Å². The molecule has 0 unspecified atom stereocenters. The largest absolute Gasteiger partial charge is 0.255 e. The van der Waals surface area contributed by atoms with Crippen molar-refractivity contribution in [1.82, 2.24) is 4.98 Å². The molecule has 0 saturated carbocycles. The Morgan fingerprint density at radius 2 is 2.00 bits per heavy atom. The quantitative estimate of drug-likeness (QED) is 0.678. The maximum Gasteiger partial charge on any atom is 0.0865 e. The molecule has 0 saturated heterocycles. The predicted octanol–water partition coefficient (Wildman–Crippen LogP) is 3.83. The number of hydrogen-bond donors (Lipinski definition) is 1. The first-order valence-corrected chi connectivity index (χ1v) is 4.82. The summed E-state index contributed by atoms with van der Waals surface area (Å²) in [6.07, 6.45) is 1.69. The highest BCUT2D eigenvalue weighted by Gasteiger charge is 2.06. The number of nitrogens with zero attached hydrogens (tertiary/aromatic N) is 1. The van der Waals surface area contributed by atoms with Gasteiger partial charge in [-0.15, -0.1) is 12.6 Å². The average molecular weight is 230 g/mol. The number of halogens is 2. The van der Waals surface area contributed by atoms with Crippen LogP contribution in [0.25, 0.3) is 10.9 Å². The molecular weight excluding hydrogens is 225 g/mol. The molecule has 0 radical (unpaired) electrons. The van der Waals surface area contributed by atoms with E-state index in [9.17, 15) is 0 Å². The molecule has 13 heavy (non-hydrogen) atoms. The minimum Gasteiger partial charge on any atom is -0.255 e. The summed E-state index contributed by atoms with van der Waals surface area (Å²) in [5, 5.41) is 2.00. The van der Waals surface area contributed by atoms with Crippen LogP contribution >= 0.6 is 35.8 Å². The van der Waals surface area contributed by atoms with Crippen molar-refractivity contribution in [2.24, 2.45) is 0 Å². The van der Waals surface area contributed by atoms with Crippen LogP contribution in [0.3, 0.4) is 0 Å². The molecule has 0 amide bonds. The molecule has 1 nitrogen and oxygen atoms in total. The maximum absolute atomic E-state index is 5.98. The Bertz CT molecular complexity index is 470. The molecule has 1 heterocycles. The van der Waals surface area contributed by atoms with E-state index < -0.39 is 0 Å². The summed E-state index contributed by atoms with van der Waals surface area (Å²) in [6.45, 7) is 0. The number of aromatic nitrogens is 1. The zero-order valence-electron chi connectivity index (χ0n) is 6.46. The first kappa shape index (κ1) is 9.13. The third-order valence-corrected chi connectivity index (χ3v) is 2.96. The Hall–Kier alpha value is -0.440. The van der Waals surface area contributed by atoms with Gasteiger partial charge in [-0.3, -0.25) is 4.98 Å². The zero-order chi connectivity index (χ0) is 9.42. The first-order chi connectivity index (χ1) is 6.20. The van der Waals surface area contributed by atoms with Crippen molar-refractivity contribution in [3.8, 4) is 0 Å². The Morgan fingerprint density at radius 1 is 1.23 bits per heavy atom. The van der Waals surface area contributed by atoms with Gasteiger partial charge in [-0.2, -0.15) is 0 Å². The lowest BCUT2D eigenvalue weighted by Crippen LogP contribution is -1.82. The SMILES string of the molecule is Sc1c(Cl)cc(Cl)c2cccnc12. The molecule has 0 aliphatic rings. The average Bonchev–Trinajstić information content (AvgIpc) is 2.15. The number of hydrogen-bond acceptors (Lipinski definition) is 2. The van der Waals surface area contributed by atoms with Gasteiger partial charge < -0.3 is 0 Å². The van der Waals surface area contributed by atoms with E-state index in [1.54, 1.807) is 12.3 Å². The Morgan fingerprint density at radius 3 is 2.77 bits per heavy atom. The van der Waals surface area contributed by atoms with E-state index in [2.05, 4.69) is 17.6 Å². The summed E-state index contributed by atoms with van der Waals surface area (Å²) in [7, 11) is 0. The smallest absolute Gasteiger partial charge is 0.0865 e. The van der Waals surface area contributed by atoms with Crippen LogP contribution in [0.1, 0.15) is 0 Å². The zero-order valence-corrected chi connectivity index (χ0v) is 8.87. The van der Waals surface area contributed by atoms with Gasteiger partial charge in [-0.1, -0.05) is 23.2 Å². The molecule has 1 aromatic carbocycles. The molecule has 0 atom stereocenters. The van der Waals surface area contributed by atoms with Crippen molar-refractivity contribution < 1.29 is 0 Å². The van der Waals surface area contributed by atoms with Crippen molar-refractivity contribution in [1.29, 1.82) is 0 Å². The van der Waals surface area contributed by atoms with Crippen LogP contribution < -0.4 is 0 Å². The molecule has 2 rings (SSSR count). The van der Waals surface area contributed by atoms with E-state index in [-0.39, 0.29) is 0 Å². The molecule has 2 aromatic rings. The van der Waals surface area contributed by atoms with Crippen LogP contribution in [0.4, 0.5) is 0 Å². The van der Waals surface area contributed by atoms with Crippen LogP contribution in [-0.4, -0.2) is 4.98 Å². The van der Waals surface area contributed by atoms with Crippen LogP contribution in [-0.2, 0) is 0 Å². The molecule has 0 aliphatic carbocycles. The van der Waals surface area contributed by atoms with Crippen LogP contribution in [0, 0.1) is 0 Å². The van der Waals surface area contributed by atoms with Gasteiger partial charge in [0.05, 0.1) is 15.6 Å². The van der Waals surface area contributed by atoms with Gasteiger partial charge in [-0.05, 0) is 18.2 Å². The molecule has 0 aliphatic heterocycles. The number of thiol groups is 1. The van der Waals surface area contributed by atoms with E-state index in [1.807, 2.05) is 12.1 Å². The molecule has 0 spiro atoms. The monoisotopic (exact) mass is 229 g/mol. The highest BCUT2D eigenvalue weighted by molar-refractivity contribution is 7.80. The lowest BCUT2D eigenvalue weighted by molar-refractivity contribution is 1.36. The van der Waals surface area contributed by atoms with Gasteiger partial charge >= 0.3 is 0 Å². The molecular formula is C9H5Cl2NS. The van der Waals surface area contributed by atoms with Crippen molar-refractivity contribution in [3.05, 3.63) is 34.4 Å². The minimum atomic E-state index is 0.527. The van der Waals surface area contributed by atoms with Gasteiger partial charge in [0.1, 0.15) is 0 Å². The standard InChI is InChI=1S/C9H5Cl2NS/c10-6-4-7(11)9(13)8-5(6)2-1-3-12-8/h1-4,13H. The summed E-state index contributed by atoms with van der Waals surface area (Å²) in [4.78, 5) is 4.83. The van der Waals surface area contributed by atoms with Crippen molar-refractivity contribution in [2.45, 2.75) is 4.90 Å².